The molecule has 1 aromatic carbocycles. The quantitative estimate of drug-likeness (QED) is 0.730. The van der Waals surface area contributed by atoms with Gasteiger partial charge in [-0.1, -0.05) is 11.6 Å². The number of aliphatic hydroxyl groups excluding tert-OH is 1. The van der Waals surface area contributed by atoms with Crippen molar-refractivity contribution in [1.82, 2.24) is 9.38 Å². The molecule has 0 saturated heterocycles. The van der Waals surface area contributed by atoms with Gasteiger partial charge in [-0.05, 0) is 41.8 Å². The van der Waals surface area contributed by atoms with Crippen molar-refractivity contribution in [2.75, 3.05) is 5.32 Å². The lowest BCUT2D eigenvalue weighted by atomic mass is 10.0. The van der Waals surface area contributed by atoms with Crippen molar-refractivity contribution >= 4 is 29.0 Å². The van der Waals surface area contributed by atoms with Gasteiger partial charge >= 0.3 is 0 Å². The Balaban J connectivity index is 1.69. The molecule has 2 N–H and O–H groups in total. The first-order valence-corrected chi connectivity index (χ1v) is 8.37. The number of benzene rings is 1. The smallest absolute Gasteiger partial charge is 0.231 e. The van der Waals surface area contributed by atoms with E-state index in [1.165, 1.54) is 0 Å². The number of anilines is 1. The van der Waals surface area contributed by atoms with E-state index in [9.17, 15) is 18.7 Å². The zero-order valence-electron chi connectivity index (χ0n) is 13.4. The van der Waals surface area contributed by atoms with Gasteiger partial charge in [0.1, 0.15) is 17.6 Å². The van der Waals surface area contributed by atoms with E-state index < -0.39 is 24.5 Å². The predicted molar refractivity (Wildman–Crippen MR) is 93.2 cm³/mol. The number of rotatable bonds is 4. The minimum atomic E-state index is -1.08. The van der Waals surface area contributed by atoms with E-state index in [0.29, 0.717) is 22.6 Å². The molecule has 1 aliphatic carbocycles. The molecule has 134 valence electrons. The van der Waals surface area contributed by atoms with Gasteiger partial charge in [-0.25, -0.2) is 13.8 Å². The van der Waals surface area contributed by atoms with Crippen LogP contribution in [0, 0.1) is 11.7 Å². The van der Waals surface area contributed by atoms with Crippen LogP contribution in [-0.2, 0) is 11.4 Å². The van der Waals surface area contributed by atoms with E-state index in [-0.39, 0.29) is 22.9 Å². The summed E-state index contributed by atoms with van der Waals surface area (Å²) in [5.41, 5.74) is 1.80. The Morgan fingerprint density at radius 1 is 1.38 bits per heavy atom. The summed E-state index contributed by atoms with van der Waals surface area (Å²) in [7, 11) is 0. The zero-order chi connectivity index (χ0) is 18.4. The van der Waals surface area contributed by atoms with Gasteiger partial charge in [0.05, 0.1) is 18.7 Å². The van der Waals surface area contributed by atoms with Crippen LogP contribution in [0.25, 0.3) is 16.8 Å². The summed E-state index contributed by atoms with van der Waals surface area (Å²) < 4.78 is 28.6. The fourth-order valence-corrected chi connectivity index (χ4v) is 3.09. The summed E-state index contributed by atoms with van der Waals surface area (Å²) in [5, 5.41) is 12.3. The molecule has 0 spiro atoms. The molecule has 0 aliphatic heterocycles. The van der Waals surface area contributed by atoms with Crippen LogP contribution in [0.1, 0.15) is 12.0 Å². The minimum absolute atomic E-state index is 0.144. The van der Waals surface area contributed by atoms with Gasteiger partial charge in [0, 0.05) is 16.8 Å². The molecule has 1 fully saturated rings. The van der Waals surface area contributed by atoms with Crippen molar-refractivity contribution in [3.63, 3.8) is 0 Å². The van der Waals surface area contributed by atoms with E-state index in [0.717, 1.165) is 6.07 Å². The molecule has 2 atom stereocenters. The molecule has 2 heterocycles. The number of fused-ring (bicyclic) bond motifs is 1. The average Bonchev–Trinajstić information content (AvgIpc) is 3.19. The molecule has 1 aliphatic rings. The first kappa shape index (κ1) is 16.9. The number of alkyl halides is 1. The average molecular weight is 378 g/mol. The number of aliphatic hydroxyl groups is 1. The second-order valence-electron chi connectivity index (χ2n) is 6.23. The first-order chi connectivity index (χ1) is 12.5. The van der Waals surface area contributed by atoms with Gasteiger partial charge < -0.3 is 14.8 Å². The maximum Gasteiger partial charge on any atom is 0.231 e. The molecule has 1 amide bonds. The molecule has 0 bridgehead atoms. The van der Waals surface area contributed by atoms with Crippen LogP contribution in [0.2, 0.25) is 5.02 Å². The Morgan fingerprint density at radius 3 is 2.85 bits per heavy atom. The van der Waals surface area contributed by atoms with Gasteiger partial charge in [-0.2, -0.15) is 0 Å². The number of carbonyl (C=O) groups is 1. The summed E-state index contributed by atoms with van der Waals surface area (Å²) in [6.45, 7) is -0.465. The predicted octanol–water partition coefficient (Wildman–Crippen LogP) is 3.58. The van der Waals surface area contributed by atoms with Crippen molar-refractivity contribution in [3.8, 4) is 11.1 Å². The van der Waals surface area contributed by atoms with Crippen molar-refractivity contribution < 1.29 is 18.7 Å². The molecular weight excluding hydrogens is 364 g/mol. The number of nitrogens with one attached hydrogen (secondary N) is 1. The third-order valence-electron chi connectivity index (χ3n) is 4.38. The number of pyridine rings is 1. The Bertz CT molecular complexity index is 1020. The number of halogens is 3. The molecule has 2 aromatic heterocycles. The Labute approximate surface area is 152 Å². The van der Waals surface area contributed by atoms with E-state index >= 15 is 0 Å². The first-order valence-electron chi connectivity index (χ1n) is 7.99. The molecular formula is C18H14ClF2N3O2. The second kappa shape index (κ2) is 6.34. The lowest BCUT2D eigenvalue weighted by Crippen LogP contribution is -2.15. The molecule has 0 radical (unpaired) electrons. The van der Waals surface area contributed by atoms with Gasteiger partial charge in [0.2, 0.25) is 5.91 Å². The van der Waals surface area contributed by atoms with Crippen molar-refractivity contribution in [1.29, 1.82) is 0 Å². The van der Waals surface area contributed by atoms with Crippen molar-refractivity contribution in [2.24, 2.45) is 5.92 Å². The summed E-state index contributed by atoms with van der Waals surface area (Å²) >= 11 is 5.94. The van der Waals surface area contributed by atoms with Crippen LogP contribution < -0.4 is 5.32 Å². The molecule has 3 aromatic rings. The number of imidazole rings is 1. The highest BCUT2D eigenvalue weighted by Gasteiger charge is 2.43. The lowest BCUT2D eigenvalue weighted by Gasteiger charge is -2.10. The van der Waals surface area contributed by atoms with Crippen molar-refractivity contribution in [2.45, 2.75) is 19.2 Å². The highest BCUT2D eigenvalue weighted by atomic mass is 35.5. The number of aromatic nitrogens is 2. The number of nitrogens with zero attached hydrogens (tertiary/aromatic N) is 2. The SMILES string of the molecule is O=C(Nc1cn2cc(-c3cc(Cl)cc(F)c3CO)ccc2n1)C1CC1F. The molecule has 4 rings (SSSR count). The third kappa shape index (κ3) is 3.04. The minimum Gasteiger partial charge on any atom is -0.392 e. The van der Waals surface area contributed by atoms with Crippen molar-refractivity contribution in [3.05, 3.63) is 53.1 Å². The molecule has 26 heavy (non-hydrogen) atoms. The monoisotopic (exact) mass is 377 g/mol. The Kier molecular flexibility index (Phi) is 4.13. The fourth-order valence-electron chi connectivity index (χ4n) is 2.89. The zero-order valence-corrected chi connectivity index (χ0v) is 14.2. The largest absolute Gasteiger partial charge is 0.392 e. The van der Waals surface area contributed by atoms with Crippen LogP contribution in [0.4, 0.5) is 14.6 Å². The van der Waals surface area contributed by atoms with Gasteiger partial charge in [0.25, 0.3) is 0 Å². The summed E-state index contributed by atoms with van der Waals surface area (Å²) in [6, 6.07) is 6.14. The number of hydrogen-bond acceptors (Lipinski definition) is 3. The highest BCUT2D eigenvalue weighted by Crippen LogP contribution is 2.35. The summed E-state index contributed by atoms with van der Waals surface area (Å²) in [4.78, 5) is 16.1. The molecule has 2 unspecified atom stereocenters. The summed E-state index contributed by atoms with van der Waals surface area (Å²) in [6.07, 6.45) is 2.45. The van der Waals surface area contributed by atoms with Gasteiger partial charge in [-0.3, -0.25) is 4.79 Å². The van der Waals surface area contributed by atoms with E-state index in [2.05, 4.69) is 10.3 Å². The van der Waals surface area contributed by atoms with Crippen LogP contribution >= 0.6 is 11.6 Å². The Hall–Kier alpha value is -2.51. The third-order valence-corrected chi connectivity index (χ3v) is 4.60. The molecule has 5 nitrogen and oxygen atoms in total. The van der Waals surface area contributed by atoms with Gasteiger partial charge in [-0.15, -0.1) is 0 Å². The standard InChI is InChI=1S/C18H14ClF2N3O2/c19-10-3-11(13(8-25)14(20)4-10)9-1-2-17-22-16(7-24(17)6-9)23-18(26)12-5-15(12)21/h1-4,6-7,12,15,25H,5,8H2,(H,23,26). The van der Waals surface area contributed by atoms with Crippen LogP contribution in [0.15, 0.2) is 36.7 Å². The fraction of sp³-hybridized carbons (Fsp3) is 0.222. The second-order valence-corrected chi connectivity index (χ2v) is 6.67. The topological polar surface area (TPSA) is 66.6 Å². The van der Waals surface area contributed by atoms with E-state index in [1.807, 2.05) is 0 Å². The maximum absolute atomic E-state index is 14.0. The summed E-state index contributed by atoms with van der Waals surface area (Å²) in [5.74, 6) is -1.26. The van der Waals surface area contributed by atoms with Crippen LogP contribution in [0.5, 0.6) is 0 Å². The molecule has 8 heteroatoms. The van der Waals surface area contributed by atoms with E-state index in [4.69, 9.17) is 11.6 Å². The lowest BCUT2D eigenvalue weighted by molar-refractivity contribution is -0.117. The van der Waals surface area contributed by atoms with Gasteiger partial charge in [0.15, 0.2) is 5.82 Å². The van der Waals surface area contributed by atoms with E-state index in [1.54, 1.807) is 35.0 Å². The molecule has 1 saturated carbocycles. The number of amides is 1. The van der Waals surface area contributed by atoms with Crippen LogP contribution in [-0.4, -0.2) is 26.6 Å². The number of carbonyl (C=O) groups excluding carboxylic acids is 1. The Morgan fingerprint density at radius 2 is 2.15 bits per heavy atom. The number of hydrogen-bond donors (Lipinski definition) is 2. The van der Waals surface area contributed by atoms with Crippen LogP contribution in [0.3, 0.4) is 0 Å². The maximum atomic E-state index is 14.0. The normalized spacial score (nSPS) is 18.9. The highest BCUT2D eigenvalue weighted by molar-refractivity contribution is 6.30.